The minimum Gasteiger partial charge on any atom is -0.497 e. The van der Waals surface area contributed by atoms with Gasteiger partial charge in [-0.1, -0.05) is 19.1 Å². The van der Waals surface area contributed by atoms with Gasteiger partial charge in [-0.25, -0.2) is 0 Å². The van der Waals surface area contributed by atoms with Crippen LogP contribution in [0, 0.1) is 5.92 Å². The molecule has 1 atom stereocenters. The van der Waals surface area contributed by atoms with Crippen LogP contribution in [0.25, 0.3) is 0 Å². The Morgan fingerprint density at radius 1 is 1.14 bits per heavy atom. The minimum atomic E-state index is -0.0373. The molecular weight excluding hydrogens is 262 g/mol. The maximum Gasteiger partial charge on any atom is 0.118 e. The molecule has 1 unspecified atom stereocenters. The molecule has 0 fully saturated rings. The molecule has 120 valence electrons. The Morgan fingerprint density at radius 3 is 2.33 bits per heavy atom. The fraction of sp³-hybridized carbons (Fsp3) is 0.667. The molecule has 0 heterocycles. The van der Waals surface area contributed by atoms with Crippen molar-refractivity contribution in [2.45, 2.75) is 45.6 Å². The Hall–Kier alpha value is -1.06. The van der Waals surface area contributed by atoms with E-state index in [1.807, 2.05) is 12.1 Å². The van der Waals surface area contributed by atoms with Gasteiger partial charge in [0.2, 0.25) is 0 Å². The summed E-state index contributed by atoms with van der Waals surface area (Å²) >= 11 is 0. The molecule has 0 bridgehead atoms. The van der Waals surface area contributed by atoms with Gasteiger partial charge in [0.1, 0.15) is 5.75 Å². The Morgan fingerprint density at radius 2 is 1.81 bits per heavy atom. The molecule has 0 aromatic heterocycles. The van der Waals surface area contributed by atoms with Crippen LogP contribution in [0.1, 0.15) is 39.2 Å². The van der Waals surface area contributed by atoms with Crippen molar-refractivity contribution in [2.24, 2.45) is 5.92 Å². The Kier molecular flexibility index (Phi) is 7.76. The number of hydrogen-bond donors (Lipinski definition) is 1. The summed E-state index contributed by atoms with van der Waals surface area (Å²) in [6.07, 6.45) is 3.34. The summed E-state index contributed by atoms with van der Waals surface area (Å²) in [5.74, 6) is 1.55. The van der Waals surface area contributed by atoms with E-state index in [4.69, 9.17) is 9.47 Å². The first-order chi connectivity index (χ1) is 10.0. The van der Waals surface area contributed by atoms with Crippen LogP contribution >= 0.6 is 0 Å². The lowest BCUT2D eigenvalue weighted by atomic mass is 9.90. The van der Waals surface area contributed by atoms with Gasteiger partial charge in [-0.3, -0.25) is 0 Å². The molecule has 0 spiro atoms. The van der Waals surface area contributed by atoms with Gasteiger partial charge in [0.25, 0.3) is 0 Å². The van der Waals surface area contributed by atoms with Crippen molar-refractivity contribution >= 4 is 0 Å². The van der Waals surface area contributed by atoms with E-state index < -0.39 is 0 Å². The first kappa shape index (κ1) is 18.0. The number of ether oxygens (including phenoxy) is 2. The topological polar surface area (TPSA) is 30.5 Å². The van der Waals surface area contributed by atoms with Gasteiger partial charge in [0.15, 0.2) is 0 Å². The molecule has 1 rings (SSSR count). The normalized spacial score (nSPS) is 13.2. The molecule has 0 amide bonds. The van der Waals surface area contributed by atoms with Crippen LogP contribution in [0.15, 0.2) is 24.3 Å². The molecule has 0 saturated heterocycles. The van der Waals surface area contributed by atoms with Crippen LogP contribution in [0.2, 0.25) is 0 Å². The van der Waals surface area contributed by atoms with Gasteiger partial charge in [-0.2, -0.15) is 0 Å². The van der Waals surface area contributed by atoms with E-state index in [2.05, 4.69) is 38.2 Å². The fourth-order valence-electron chi connectivity index (χ4n) is 2.37. The van der Waals surface area contributed by atoms with Gasteiger partial charge in [0, 0.05) is 7.11 Å². The van der Waals surface area contributed by atoms with E-state index in [-0.39, 0.29) is 5.60 Å². The molecule has 0 saturated carbocycles. The number of nitrogens with one attached hydrogen (secondary N) is 1. The van der Waals surface area contributed by atoms with Crippen LogP contribution in [0.4, 0.5) is 0 Å². The lowest BCUT2D eigenvalue weighted by Crippen LogP contribution is -2.28. The van der Waals surface area contributed by atoms with Crippen molar-refractivity contribution in [3.8, 4) is 5.75 Å². The second kappa shape index (κ2) is 9.06. The highest BCUT2D eigenvalue weighted by molar-refractivity contribution is 5.27. The Balaban J connectivity index is 2.59. The van der Waals surface area contributed by atoms with Crippen molar-refractivity contribution in [3.05, 3.63) is 29.8 Å². The molecule has 1 aromatic rings. The standard InChI is InChI=1S/C18H31NO2/c1-6-19-14-16(11-12-18(2,3)21-5)13-15-7-9-17(20-4)10-8-15/h7-10,16,19H,6,11-14H2,1-5H3. The van der Waals surface area contributed by atoms with Crippen LogP contribution in [-0.4, -0.2) is 32.9 Å². The third kappa shape index (κ3) is 6.96. The number of methoxy groups -OCH3 is 2. The third-order valence-corrected chi connectivity index (χ3v) is 4.07. The molecule has 3 heteroatoms. The molecule has 1 N–H and O–H groups in total. The molecule has 21 heavy (non-hydrogen) atoms. The lowest BCUT2D eigenvalue weighted by molar-refractivity contribution is 0.0104. The van der Waals surface area contributed by atoms with E-state index in [9.17, 15) is 0 Å². The first-order valence-corrected chi connectivity index (χ1v) is 7.89. The molecule has 0 radical (unpaired) electrons. The van der Waals surface area contributed by atoms with Crippen molar-refractivity contribution in [1.82, 2.24) is 5.32 Å². The van der Waals surface area contributed by atoms with Gasteiger partial charge in [0.05, 0.1) is 12.7 Å². The van der Waals surface area contributed by atoms with E-state index in [0.717, 1.165) is 31.7 Å². The zero-order chi connectivity index (χ0) is 15.7. The highest BCUT2D eigenvalue weighted by Gasteiger charge is 2.19. The summed E-state index contributed by atoms with van der Waals surface area (Å²) < 4.78 is 10.8. The summed E-state index contributed by atoms with van der Waals surface area (Å²) in [7, 11) is 3.50. The zero-order valence-electron chi connectivity index (χ0n) is 14.2. The van der Waals surface area contributed by atoms with E-state index in [1.165, 1.54) is 12.0 Å². The van der Waals surface area contributed by atoms with Crippen LogP contribution in [0.5, 0.6) is 5.75 Å². The third-order valence-electron chi connectivity index (χ3n) is 4.07. The summed E-state index contributed by atoms with van der Waals surface area (Å²) in [6.45, 7) is 8.55. The fourth-order valence-corrected chi connectivity index (χ4v) is 2.37. The SMILES string of the molecule is CCNCC(CCC(C)(C)OC)Cc1ccc(OC)cc1. The van der Waals surface area contributed by atoms with Crippen molar-refractivity contribution in [2.75, 3.05) is 27.3 Å². The Labute approximate surface area is 130 Å². The van der Waals surface area contributed by atoms with Crippen molar-refractivity contribution in [3.63, 3.8) is 0 Å². The second-order valence-electron chi connectivity index (χ2n) is 6.23. The van der Waals surface area contributed by atoms with E-state index in [0.29, 0.717) is 5.92 Å². The average molecular weight is 293 g/mol. The predicted octanol–water partition coefficient (Wildman–Crippen LogP) is 3.67. The van der Waals surface area contributed by atoms with Crippen LogP contribution in [-0.2, 0) is 11.2 Å². The van der Waals surface area contributed by atoms with Gasteiger partial charge in [-0.15, -0.1) is 0 Å². The lowest BCUT2D eigenvalue weighted by Gasteiger charge is -2.26. The molecule has 3 nitrogen and oxygen atoms in total. The molecule has 0 aliphatic carbocycles. The second-order valence-corrected chi connectivity index (χ2v) is 6.23. The number of rotatable bonds is 10. The van der Waals surface area contributed by atoms with Gasteiger partial charge < -0.3 is 14.8 Å². The molecule has 0 aliphatic heterocycles. The van der Waals surface area contributed by atoms with Gasteiger partial charge in [-0.05, 0) is 69.8 Å². The van der Waals surface area contributed by atoms with Crippen molar-refractivity contribution < 1.29 is 9.47 Å². The summed E-state index contributed by atoms with van der Waals surface area (Å²) in [5, 5.41) is 3.48. The highest BCUT2D eigenvalue weighted by Crippen LogP contribution is 2.22. The quantitative estimate of drug-likeness (QED) is 0.714. The maximum atomic E-state index is 5.54. The van der Waals surface area contributed by atoms with Crippen LogP contribution in [0.3, 0.4) is 0 Å². The van der Waals surface area contributed by atoms with E-state index >= 15 is 0 Å². The zero-order valence-corrected chi connectivity index (χ0v) is 14.2. The largest absolute Gasteiger partial charge is 0.497 e. The van der Waals surface area contributed by atoms with Crippen LogP contribution < -0.4 is 10.1 Å². The van der Waals surface area contributed by atoms with Crippen molar-refractivity contribution in [1.29, 1.82) is 0 Å². The number of hydrogen-bond acceptors (Lipinski definition) is 3. The smallest absolute Gasteiger partial charge is 0.118 e. The molecule has 0 aliphatic rings. The summed E-state index contributed by atoms with van der Waals surface area (Å²) in [4.78, 5) is 0. The molecular formula is C18H31NO2. The summed E-state index contributed by atoms with van der Waals surface area (Å²) in [6, 6.07) is 8.41. The predicted molar refractivity (Wildman–Crippen MR) is 89.1 cm³/mol. The minimum absolute atomic E-state index is 0.0373. The summed E-state index contributed by atoms with van der Waals surface area (Å²) in [5.41, 5.74) is 1.33. The van der Waals surface area contributed by atoms with E-state index in [1.54, 1.807) is 14.2 Å². The number of benzene rings is 1. The monoisotopic (exact) mass is 293 g/mol. The maximum absolute atomic E-state index is 5.54. The van der Waals surface area contributed by atoms with Gasteiger partial charge >= 0.3 is 0 Å². The molecule has 1 aromatic carbocycles. The average Bonchev–Trinajstić information content (AvgIpc) is 2.50. The first-order valence-electron chi connectivity index (χ1n) is 7.89. The highest BCUT2D eigenvalue weighted by atomic mass is 16.5. The Bertz CT molecular complexity index is 387.